The van der Waals surface area contributed by atoms with Crippen LogP contribution in [0.5, 0.6) is 0 Å². The molecule has 0 amide bonds. The van der Waals surface area contributed by atoms with Gasteiger partial charge in [-0.2, -0.15) is 0 Å². The zero-order valence-corrected chi connectivity index (χ0v) is 15.0. The normalized spacial score (nSPS) is 11.0. The van der Waals surface area contributed by atoms with Crippen molar-refractivity contribution in [3.05, 3.63) is 65.5 Å². The molecule has 1 aromatic carbocycles. The van der Waals surface area contributed by atoms with Crippen molar-refractivity contribution in [1.29, 1.82) is 0 Å². The summed E-state index contributed by atoms with van der Waals surface area (Å²) < 4.78 is 0. The van der Waals surface area contributed by atoms with E-state index in [1.807, 2.05) is 26.2 Å². The molecule has 3 N–H and O–H groups in total. The lowest BCUT2D eigenvalue weighted by Gasteiger charge is -2.14. The van der Waals surface area contributed by atoms with Gasteiger partial charge in [0.2, 0.25) is 0 Å². The molecule has 2 aromatic rings. The molecule has 0 saturated heterocycles. The van der Waals surface area contributed by atoms with Crippen LogP contribution in [-0.4, -0.2) is 23.0 Å². The van der Waals surface area contributed by atoms with E-state index in [9.17, 15) is 0 Å². The number of pyridine rings is 1. The van der Waals surface area contributed by atoms with Crippen LogP contribution in [0.2, 0.25) is 0 Å². The number of rotatable bonds is 7. The first-order valence-electron chi connectivity index (χ1n) is 8.42. The van der Waals surface area contributed by atoms with Gasteiger partial charge in [0.1, 0.15) is 0 Å². The minimum Gasteiger partial charge on any atom is -0.412 e. The number of aromatic nitrogens is 1. The highest BCUT2D eigenvalue weighted by molar-refractivity contribution is 5.21. The summed E-state index contributed by atoms with van der Waals surface area (Å²) in [6.45, 7) is 9.45. The zero-order chi connectivity index (χ0) is 16.2. The van der Waals surface area contributed by atoms with Crippen LogP contribution in [0, 0.1) is 6.92 Å². The van der Waals surface area contributed by atoms with E-state index in [1.165, 1.54) is 23.1 Å². The van der Waals surface area contributed by atoms with Gasteiger partial charge in [-0.3, -0.25) is 4.98 Å². The van der Waals surface area contributed by atoms with Crippen LogP contribution in [0.25, 0.3) is 0 Å². The molecule has 2 rings (SSSR count). The third kappa shape index (κ3) is 9.11. The summed E-state index contributed by atoms with van der Waals surface area (Å²) in [4.78, 5) is 4.04. The lowest BCUT2D eigenvalue weighted by atomic mass is 10.1. The number of nitrogens with one attached hydrogen (secondary N) is 1. The van der Waals surface area contributed by atoms with Gasteiger partial charge in [0.05, 0.1) is 0 Å². The van der Waals surface area contributed by atoms with E-state index in [0.717, 1.165) is 19.4 Å². The van der Waals surface area contributed by atoms with E-state index in [0.29, 0.717) is 6.04 Å². The Hall–Kier alpha value is -1.71. The Bertz CT molecular complexity index is 503. The Morgan fingerprint density at radius 1 is 1.00 bits per heavy atom. The Kier molecular flexibility index (Phi) is 11.8. The molecule has 3 nitrogen and oxygen atoms in total. The summed E-state index contributed by atoms with van der Waals surface area (Å²) in [5.74, 6) is 0. The van der Waals surface area contributed by atoms with Crippen molar-refractivity contribution in [3.63, 3.8) is 0 Å². The number of nitrogens with zero attached hydrogens (tertiary/aromatic N) is 1. The molecule has 1 aromatic heterocycles. The molecule has 23 heavy (non-hydrogen) atoms. The van der Waals surface area contributed by atoms with E-state index in [2.05, 4.69) is 60.5 Å². The number of benzene rings is 1. The van der Waals surface area contributed by atoms with Gasteiger partial charge in [-0.15, -0.1) is 0 Å². The summed E-state index contributed by atoms with van der Waals surface area (Å²) in [6.07, 6.45) is 7.11. The Morgan fingerprint density at radius 2 is 1.61 bits per heavy atom. The highest BCUT2D eigenvalue weighted by atomic mass is 16.0. The van der Waals surface area contributed by atoms with Gasteiger partial charge in [0.25, 0.3) is 0 Å². The van der Waals surface area contributed by atoms with Gasteiger partial charge in [-0.25, -0.2) is 0 Å². The van der Waals surface area contributed by atoms with Crippen molar-refractivity contribution in [2.75, 3.05) is 6.54 Å². The molecule has 0 fully saturated rings. The molecule has 3 heteroatoms. The molecule has 0 aliphatic carbocycles. The van der Waals surface area contributed by atoms with Crippen molar-refractivity contribution >= 4 is 0 Å². The van der Waals surface area contributed by atoms with E-state index >= 15 is 0 Å². The number of aryl methyl sites for hydroxylation is 2. The minimum atomic E-state index is 0. The van der Waals surface area contributed by atoms with Crippen molar-refractivity contribution in [1.82, 2.24) is 10.3 Å². The van der Waals surface area contributed by atoms with Gasteiger partial charge >= 0.3 is 0 Å². The monoisotopic (exact) mass is 318 g/mol. The summed E-state index contributed by atoms with van der Waals surface area (Å²) in [6, 6.07) is 13.5. The average molecular weight is 319 g/mol. The Balaban J connectivity index is 0. The predicted octanol–water partition coefficient (Wildman–Crippen LogP) is 3.99. The van der Waals surface area contributed by atoms with Crippen LogP contribution in [0.4, 0.5) is 0 Å². The predicted molar refractivity (Wildman–Crippen MR) is 102 cm³/mol. The summed E-state index contributed by atoms with van der Waals surface area (Å²) in [7, 11) is 0. The molecule has 1 heterocycles. The fourth-order valence-electron chi connectivity index (χ4n) is 2.34. The molecule has 0 spiro atoms. The standard InChI is InChI=1S/C18H24N2.C2H6.H2O.H2/c1-15-5-7-18(8-6-15)14-16(2)20-11-3-4-17-9-12-19-13-10-17;1-2;;/h5-10,12-13,16,20H,3-4,11,14H2,1-2H3;1-2H3;1H2;1H. The molecule has 0 saturated carbocycles. The first-order chi connectivity index (χ1) is 10.7. The van der Waals surface area contributed by atoms with Crippen LogP contribution >= 0.6 is 0 Å². The second-order valence-electron chi connectivity index (χ2n) is 5.50. The van der Waals surface area contributed by atoms with Crippen LogP contribution in [0.3, 0.4) is 0 Å². The fourth-order valence-corrected chi connectivity index (χ4v) is 2.34. The second-order valence-corrected chi connectivity index (χ2v) is 5.50. The third-order valence-electron chi connectivity index (χ3n) is 3.55. The van der Waals surface area contributed by atoms with E-state index in [4.69, 9.17) is 0 Å². The Morgan fingerprint density at radius 3 is 2.22 bits per heavy atom. The molecular weight excluding hydrogens is 284 g/mol. The molecule has 0 radical (unpaired) electrons. The second kappa shape index (κ2) is 12.8. The van der Waals surface area contributed by atoms with Gasteiger partial charge in [-0.05, 0) is 62.9 Å². The van der Waals surface area contributed by atoms with Gasteiger partial charge in [0.15, 0.2) is 0 Å². The lowest BCUT2D eigenvalue weighted by molar-refractivity contribution is 0.534. The average Bonchev–Trinajstić information content (AvgIpc) is 2.57. The molecule has 0 bridgehead atoms. The maximum Gasteiger partial charge on any atom is 0.0270 e. The molecule has 1 atom stereocenters. The largest absolute Gasteiger partial charge is 0.412 e. The molecule has 130 valence electrons. The molecule has 1 unspecified atom stereocenters. The first-order valence-corrected chi connectivity index (χ1v) is 8.42. The molecular formula is C20H34N2O. The lowest BCUT2D eigenvalue weighted by Crippen LogP contribution is -2.29. The topological polar surface area (TPSA) is 56.4 Å². The minimum absolute atomic E-state index is 0. The van der Waals surface area contributed by atoms with Crippen molar-refractivity contribution in [3.8, 4) is 0 Å². The van der Waals surface area contributed by atoms with Crippen LogP contribution in [-0.2, 0) is 12.8 Å². The summed E-state index contributed by atoms with van der Waals surface area (Å²) in [5, 5.41) is 3.60. The van der Waals surface area contributed by atoms with Crippen LogP contribution in [0.1, 0.15) is 45.3 Å². The smallest absolute Gasteiger partial charge is 0.0270 e. The highest BCUT2D eigenvalue weighted by Crippen LogP contribution is 2.06. The van der Waals surface area contributed by atoms with E-state index < -0.39 is 0 Å². The summed E-state index contributed by atoms with van der Waals surface area (Å²) in [5.41, 5.74) is 4.10. The van der Waals surface area contributed by atoms with Crippen molar-refractivity contribution in [2.45, 2.75) is 53.0 Å². The fraction of sp³-hybridized carbons (Fsp3) is 0.450. The van der Waals surface area contributed by atoms with E-state index in [-0.39, 0.29) is 6.90 Å². The third-order valence-corrected chi connectivity index (χ3v) is 3.55. The van der Waals surface area contributed by atoms with Crippen molar-refractivity contribution < 1.29 is 6.90 Å². The van der Waals surface area contributed by atoms with E-state index in [1.54, 1.807) is 0 Å². The van der Waals surface area contributed by atoms with Gasteiger partial charge < -0.3 is 10.8 Å². The zero-order valence-electron chi connectivity index (χ0n) is 15.0. The molecule has 0 aliphatic heterocycles. The van der Waals surface area contributed by atoms with Gasteiger partial charge in [-0.1, -0.05) is 43.7 Å². The van der Waals surface area contributed by atoms with Crippen molar-refractivity contribution in [2.24, 2.45) is 0 Å². The quantitative estimate of drug-likeness (QED) is 0.785. The van der Waals surface area contributed by atoms with Crippen LogP contribution in [0.15, 0.2) is 48.8 Å². The maximum atomic E-state index is 4.04. The number of hydrogen-bond acceptors (Lipinski definition) is 2. The number of hydrogen-bond donors (Lipinski definition) is 1. The Labute approximate surface area is 143 Å². The SMILES string of the molecule is CC.Cc1ccc(CC(C)NCCCc2ccncc2)cc1.O.[HH]. The maximum absolute atomic E-state index is 4.04. The van der Waals surface area contributed by atoms with Crippen LogP contribution < -0.4 is 5.32 Å². The highest BCUT2D eigenvalue weighted by Gasteiger charge is 2.02. The molecule has 0 aliphatic rings. The van der Waals surface area contributed by atoms with Gasteiger partial charge in [0, 0.05) is 19.9 Å². The first kappa shape index (κ1) is 21.3. The summed E-state index contributed by atoms with van der Waals surface area (Å²) >= 11 is 0.